The van der Waals surface area contributed by atoms with Gasteiger partial charge in [-0.3, -0.25) is 28.9 Å². The van der Waals surface area contributed by atoms with Gasteiger partial charge in [0.25, 0.3) is 0 Å². The van der Waals surface area contributed by atoms with Gasteiger partial charge in [-0.1, -0.05) is 58.1 Å². The molecule has 2 unspecified atom stereocenters. The second-order valence-corrected chi connectivity index (χ2v) is 10.2. The van der Waals surface area contributed by atoms with Crippen LogP contribution in [-0.2, 0) is 30.3 Å². The van der Waals surface area contributed by atoms with Crippen molar-refractivity contribution in [2.45, 2.75) is 72.2 Å². The summed E-state index contributed by atoms with van der Waals surface area (Å²) in [5, 5.41) is 8.04. The summed E-state index contributed by atoms with van der Waals surface area (Å²) < 4.78 is 0. The lowest BCUT2D eigenvalue weighted by atomic mass is 9.94. The lowest BCUT2D eigenvalue weighted by molar-refractivity contribution is -0.139. The average Bonchev–Trinajstić information content (AvgIpc) is 3.14. The number of rotatable bonds is 14. The van der Waals surface area contributed by atoms with Crippen LogP contribution in [0.1, 0.15) is 65.4 Å². The van der Waals surface area contributed by atoms with Gasteiger partial charge >= 0.3 is 0 Å². The summed E-state index contributed by atoms with van der Waals surface area (Å²) in [6, 6.07) is 6.33. The van der Waals surface area contributed by atoms with Gasteiger partial charge in [0.1, 0.15) is 6.04 Å². The second-order valence-electron chi connectivity index (χ2n) is 10.2. The normalized spacial score (nSPS) is 16.3. The molecule has 1 heterocycles. The largest absolute Gasteiger partial charge is 0.345 e. The molecule has 9 nitrogen and oxygen atoms in total. The minimum absolute atomic E-state index is 0.0956. The first-order valence-corrected chi connectivity index (χ1v) is 13.0. The fourth-order valence-corrected chi connectivity index (χ4v) is 4.18. The SMILES string of the molecule is [B]Cc1ccc(NC(=O)CNC(=O)C(NC(=O)CCCCCN2C(=O)CC(C(C)C)C2=O)C(C)C)cc1. The number of carbonyl (C=O) groups is 5. The van der Waals surface area contributed by atoms with Gasteiger partial charge in [0.15, 0.2) is 0 Å². The van der Waals surface area contributed by atoms with Crippen LogP contribution in [-0.4, -0.2) is 61.4 Å². The zero-order valence-corrected chi connectivity index (χ0v) is 22.3. The van der Waals surface area contributed by atoms with Crippen molar-refractivity contribution in [3.8, 4) is 0 Å². The van der Waals surface area contributed by atoms with E-state index in [4.69, 9.17) is 7.85 Å². The molecule has 2 atom stereocenters. The van der Waals surface area contributed by atoms with Crippen molar-refractivity contribution in [3.05, 3.63) is 29.8 Å². The van der Waals surface area contributed by atoms with Crippen molar-refractivity contribution in [2.24, 2.45) is 17.8 Å². The summed E-state index contributed by atoms with van der Waals surface area (Å²) in [5.41, 5.74) is 1.54. The maximum absolute atomic E-state index is 12.6. The Bertz CT molecular complexity index is 964. The van der Waals surface area contributed by atoms with Crippen LogP contribution in [0.25, 0.3) is 0 Å². The predicted octanol–water partition coefficient (Wildman–Crippen LogP) is 2.14. The van der Waals surface area contributed by atoms with Crippen molar-refractivity contribution in [1.82, 2.24) is 15.5 Å². The number of nitrogens with one attached hydrogen (secondary N) is 3. The van der Waals surface area contributed by atoms with Crippen LogP contribution in [0.4, 0.5) is 5.69 Å². The first kappa shape index (κ1) is 30.1. The van der Waals surface area contributed by atoms with Gasteiger partial charge in [0.2, 0.25) is 29.5 Å². The van der Waals surface area contributed by atoms with Crippen LogP contribution in [0, 0.1) is 17.8 Å². The fourth-order valence-electron chi connectivity index (χ4n) is 4.18. The fraction of sp³-hybridized carbons (Fsp3) is 0.593. The molecule has 0 bridgehead atoms. The molecule has 2 rings (SSSR count). The maximum atomic E-state index is 12.6. The van der Waals surface area contributed by atoms with Crippen LogP contribution in [0.15, 0.2) is 24.3 Å². The minimum atomic E-state index is -0.767. The summed E-state index contributed by atoms with van der Waals surface area (Å²) in [7, 11) is 5.57. The Kier molecular flexibility index (Phi) is 11.8. The van der Waals surface area contributed by atoms with Crippen LogP contribution < -0.4 is 16.0 Å². The molecule has 10 heteroatoms. The number of hydrogen-bond acceptors (Lipinski definition) is 5. The molecule has 37 heavy (non-hydrogen) atoms. The average molecular weight is 510 g/mol. The number of hydrogen-bond donors (Lipinski definition) is 3. The van der Waals surface area contributed by atoms with Gasteiger partial charge in [0, 0.05) is 31.0 Å². The molecule has 1 aromatic rings. The smallest absolute Gasteiger partial charge is 0.243 e. The number of likely N-dealkylation sites (tertiary alicyclic amines) is 1. The predicted molar refractivity (Wildman–Crippen MR) is 142 cm³/mol. The molecule has 1 saturated heterocycles. The highest BCUT2D eigenvalue weighted by atomic mass is 16.2. The zero-order valence-electron chi connectivity index (χ0n) is 22.3. The molecule has 0 saturated carbocycles. The lowest BCUT2D eigenvalue weighted by Gasteiger charge is -2.21. The Labute approximate surface area is 220 Å². The second kappa shape index (κ2) is 14.5. The van der Waals surface area contributed by atoms with Crippen LogP contribution in [0.5, 0.6) is 0 Å². The first-order chi connectivity index (χ1) is 17.5. The quantitative estimate of drug-likeness (QED) is 0.201. The highest BCUT2D eigenvalue weighted by Crippen LogP contribution is 2.26. The summed E-state index contributed by atoms with van der Waals surface area (Å²) >= 11 is 0. The van der Waals surface area contributed by atoms with Gasteiger partial charge < -0.3 is 16.0 Å². The molecule has 1 fully saturated rings. The molecule has 200 valence electrons. The molecular formula is C27H39BN4O5. The van der Waals surface area contributed by atoms with E-state index < -0.39 is 11.9 Å². The molecule has 1 aromatic carbocycles. The van der Waals surface area contributed by atoms with E-state index in [0.29, 0.717) is 37.8 Å². The molecular weight excluding hydrogens is 471 g/mol. The molecule has 0 aliphatic carbocycles. The Morgan fingerprint density at radius 2 is 1.68 bits per heavy atom. The topological polar surface area (TPSA) is 125 Å². The number of amides is 5. The summed E-state index contributed by atoms with van der Waals surface area (Å²) in [5.74, 6) is -1.54. The van der Waals surface area contributed by atoms with Gasteiger partial charge in [0.05, 0.1) is 14.4 Å². The van der Waals surface area contributed by atoms with E-state index in [9.17, 15) is 24.0 Å². The van der Waals surface area contributed by atoms with Crippen molar-refractivity contribution >= 4 is 43.1 Å². The Hall–Kier alpha value is -3.17. The molecule has 0 spiro atoms. The zero-order chi connectivity index (χ0) is 27.5. The van der Waals surface area contributed by atoms with Gasteiger partial charge in [-0.2, -0.15) is 0 Å². The van der Waals surface area contributed by atoms with Crippen molar-refractivity contribution in [3.63, 3.8) is 0 Å². The van der Waals surface area contributed by atoms with Crippen molar-refractivity contribution < 1.29 is 24.0 Å². The number of anilines is 1. The van der Waals surface area contributed by atoms with Crippen molar-refractivity contribution in [2.75, 3.05) is 18.4 Å². The minimum Gasteiger partial charge on any atom is -0.345 e. The molecule has 2 radical (unpaired) electrons. The highest BCUT2D eigenvalue weighted by molar-refractivity contribution is 6.08. The third-order valence-corrected chi connectivity index (χ3v) is 6.53. The molecule has 1 aliphatic heterocycles. The Morgan fingerprint density at radius 1 is 1.00 bits per heavy atom. The molecule has 0 aromatic heterocycles. The Morgan fingerprint density at radius 3 is 2.24 bits per heavy atom. The van der Waals surface area contributed by atoms with E-state index in [2.05, 4.69) is 16.0 Å². The summed E-state index contributed by atoms with van der Waals surface area (Å²) in [4.78, 5) is 63.1. The van der Waals surface area contributed by atoms with E-state index in [0.717, 1.165) is 5.56 Å². The number of nitrogens with zero attached hydrogens (tertiary/aromatic N) is 1. The maximum Gasteiger partial charge on any atom is 0.243 e. The van der Waals surface area contributed by atoms with Gasteiger partial charge in [-0.25, -0.2) is 0 Å². The summed E-state index contributed by atoms with van der Waals surface area (Å²) in [6.45, 7) is 7.68. The van der Waals surface area contributed by atoms with E-state index >= 15 is 0 Å². The first-order valence-electron chi connectivity index (χ1n) is 13.0. The highest BCUT2D eigenvalue weighted by Gasteiger charge is 2.39. The van der Waals surface area contributed by atoms with E-state index in [1.807, 2.05) is 39.8 Å². The number of benzene rings is 1. The number of imide groups is 1. The van der Waals surface area contributed by atoms with E-state index in [1.54, 1.807) is 12.1 Å². The number of unbranched alkanes of at least 4 members (excludes halogenated alkanes) is 2. The van der Waals surface area contributed by atoms with E-state index in [1.165, 1.54) is 4.90 Å². The molecule has 1 aliphatic rings. The standard InChI is InChI=1S/C27H39BN4O5/c1-17(2)21-14-24(35)32(27(21)37)13-7-5-6-8-22(33)31-25(18(3)4)26(36)29-16-23(34)30-20-11-9-19(15-28)10-12-20/h9-12,17-18,21,25H,5-8,13-16H2,1-4H3,(H,29,36)(H,30,34)(H,31,33). The molecule has 5 amide bonds. The van der Waals surface area contributed by atoms with Gasteiger partial charge in [-0.15, -0.1) is 0 Å². The number of carbonyl (C=O) groups excluding carboxylic acids is 5. The lowest BCUT2D eigenvalue weighted by Crippen LogP contribution is -2.51. The summed E-state index contributed by atoms with van der Waals surface area (Å²) in [6.07, 6.45) is 2.81. The molecule has 3 N–H and O–H groups in total. The van der Waals surface area contributed by atoms with Crippen LogP contribution in [0.2, 0.25) is 0 Å². The monoisotopic (exact) mass is 510 g/mol. The Balaban J connectivity index is 1.70. The van der Waals surface area contributed by atoms with E-state index in [-0.39, 0.29) is 60.8 Å². The van der Waals surface area contributed by atoms with Crippen LogP contribution in [0.3, 0.4) is 0 Å². The third kappa shape index (κ3) is 9.33. The van der Waals surface area contributed by atoms with Crippen molar-refractivity contribution in [1.29, 1.82) is 0 Å². The van der Waals surface area contributed by atoms with Gasteiger partial charge in [-0.05, 0) is 36.8 Å². The van der Waals surface area contributed by atoms with Crippen LogP contribution >= 0.6 is 0 Å². The third-order valence-electron chi connectivity index (χ3n) is 6.53.